The second kappa shape index (κ2) is 6.96. The third-order valence-electron chi connectivity index (χ3n) is 5.14. The van der Waals surface area contributed by atoms with Gasteiger partial charge in [-0.15, -0.1) is 0 Å². The molecular weight excluding hydrogens is 352 g/mol. The van der Waals surface area contributed by atoms with Crippen molar-refractivity contribution in [2.75, 3.05) is 29.6 Å². The van der Waals surface area contributed by atoms with Crippen molar-refractivity contribution in [3.05, 3.63) is 60.8 Å². The van der Waals surface area contributed by atoms with E-state index in [1.165, 1.54) is 0 Å². The predicted octanol–water partition coefficient (Wildman–Crippen LogP) is 3.66. The van der Waals surface area contributed by atoms with E-state index in [2.05, 4.69) is 15.6 Å². The van der Waals surface area contributed by atoms with E-state index in [4.69, 9.17) is 0 Å². The second-order valence-electron chi connectivity index (χ2n) is 7.31. The fourth-order valence-corrected chi connectivity index (χ4v) is 3.22. The highest BCUT2D eigenvalue weighted by molar-refractivity contribution is 6.18. The van der Waals surface area contributed by atoms with Gasteiger partial charge in [-0.25, -0.2) is 0 Å². The molecule has 142 valence electrons. The van der Waals surface area contributed by atoms with Crippen molar-refractivity contribution in [1.29, 1.82) is 0 Å². The number of carbonyl (C=O) groups is 2. The number of amides is 2. The van der Waals surface area contributed by atoms with Gasteiger partial charge in [0.15, 0.2) is 0 Å². The number of hydrogen-bond donors (Lipinski definition) is 2. The number of nitrogens with one attached hydrogen (secondary N) is 2. The average Bonchev–Trinajstić information content (AvgIpc) is 3.51. The minimum atomic E-state index is -1.02. The maximum Gasteiger partial charge on any atom is 0.240 e. The highest BCUT2D eigenvalue weighted by atomic mass is 16.2. The molecule has 0 saturated heterocycles. The van der Waals surface area contributed by atoms with Crippen molar-refractivity contribution in [1.82, 2.24) is 4.98 Å². The van der Waals surface area contributed by atoms with E-state index in [1.807, 2.05) is 67.5 Å². The van der Waals surface area contributed by atoms with Crippen molar-refractivity contribution in [2.24, 2.45) is 5.41 Å². The van der Waals surface area contributed by atoms with Crippen LogP contribution in [0.1, 0.15) is 12.8 Å². The summed E-state index contributed by atoms with van der Waals surface area (Å²) in [5, 5.41) is 6.73. The van der Waals surface area contributed by atoms with Crippen LogP contribution in [0, 0.1) is 5.41 Å². The maximum atomic E-state index is 12.9. The normalized spacial score (nSPS) is 14.4. The Bertz CT molecular complexity index is 1030. The fraction of sp³-hybridized carbons (Fsp3) is 0.227. The first kappa shape index (κ1) is 18.0. The molecule has 3 aromatic rings. The van der Waals surface area contributed by atoms with Crippen molar-refractivity contribution >= 4 is 39.8 Å². The van der Waals surface area contributed by atoms with E-state index < -0.39 is 5.41 Å². The number of carbonyl (C=O) groups excluding carboxylic acids is 2. The second-order valence-corrected chi connectivity index (χ2v) is 7.31. The first-order valence-corrected chi connectivity index (χ1v) is 9.24. The van der Waals surface area contributed by atoms with E-state index in [1.54, 1.807) is 12.3 Å². The Kier molecular flexibility index (Phi) is 4.47. The molecule has 0 radical (unpaired) electrons. The molecule has 0 aliphatic heterocycles. The van der Waals surface area contributed by atoms with Crippen molar-refractivity contribution < 1.29 is 9.59 Å². The van der Waals surface area contributed by atoms with E-state index in [-0.39, 0.29) is 11.8 Å². The monoisotopic (exact) mass is 374 g/mol. The van der Waals surface area contributed by atoms with Crippen molar-refractivity contribution in [3.63, 3.8) is 0 Å². The molecule has 2 amide bonds. The van der Waals surface area contributed by atoms with Crippen LogP contribution < -0.4 is 15.5 Å². The van der Waals surface area contributed by atoms with Gasteiger partial charge in [-0.1, -0.05) is 18.2 Å². The lowest BCUT2D eigenvalue weighted by Crippen LogP contribution is -2.35. The Balaban J connectivity index is 1.50. The number of pyridine rings is 1. The Labute approximate surface area is 163 Å². The molecule has 28 heavy (non-hydrogen) atoms. The lowest BCUT2D eigenvalue weighted by atomic mass is 10.0. The van der Waals surface area contributed by atoms with Gasteiger partial charge in [0, 0.05) is 37.1 Å². The zero-order valence-electron chi connectivity index (χ0n) is 15.9. The molecule has 2 N–H and O–H groups in total. The van der Waals surface area contributed by atoms with Gasteiger partial charge < -0.3 is 15.5 Å². The Hall–Kier alpha value is -3.41. The summed E-state index contributed by atoms with van der Waals surface area (Å²) in [6.07, 6.45) is 2.77. The number of aromatic nitrogens is 1. The lowest BCUT2D eigenvalue weighted by Gasteiger charge is -2.17. The zero-order chi connectivity index (χ0) is 19.7. The van der Waals surface area contributed by atoms with Crippen molar-refractivity contribution in [2.45, 2.75) is 12.8 Å². The van der Waals surface area contributed by atoms with Crippen LogP contribution in [0.25, 0.3) is 10.9 Å². The van der Waals surface area contributed by atoms with E-state index in [0.29, 0.717) is 29.7 Å². The molecule has 1 saturated carbocycles. The van der Waals surface area contributed by atoms with Crippen LogP contribution in [-0.2, 0) is 9.59 Å². The molecule has 1 fully saturated rings. The smallest absolute Gasteiger partial charge is 0.240 e. The van der Waals surface area contributed by atoms with Crippen LogP contribution in [0.4, 0.5) is 17.1 Å². The summed E-state index contributed by atoms with van der Waals surface area (Å²) < 4.78 is 0. The summed E-state index contributed by atoms with van der Waals surface area (Å²) >= 11 is 0. The Morgan fingerprint density at radius 3 is 2.29 bits per heavy atom. The maximum absolute atomic E-state index is 12.9. The van der Waals surface area contributed by atoms with Gasteiger partial charge in [-0.05, 0) is 49.2 Å². The molecule has 1 aliphatic carbocycles. The summed E-state index contributed by atoms with van der Waals surface area (Å²) in [7, 11) is 3.92. The van der Waals surface area contributed by atoms with Gasteiger partial charge in [0.2, 0.25) is 11.8 Å². The van der Waals surface area contributed by atoms with Crippen molar-refractivity contribution in [3.8, 4) is 0 Å². The lowest BCUT2D eigenvalue weighted by molar-refractivity contribution is -0.131. The van der Waals surface area contributed by atoms with E-state index in [0.717, 1.165) is 11.1 Å². The van der Waals surface area contributed by atoms with Crippen LogP contribution in [0.15, 0.2) is 60.8 Å². The molecule has 0 bridgehead atoms. The number of nitrogens with zero attached hydrogens (tertiary/aromatic N) is 2. The minimum Gasteiger partial charge on any atom is -0.378 e. The molecule has 2 aromatic carbocycles. The first-order chi connectivity index (χ1) is 13.5. The quantitative estimate of drug-likeness (QED) is 0.669. The number of para-hydroxylation sites is 1. The number of hydrogen-bond acceptors (Lipinski definition) is 4. The summed E-state index contributed by atoms with van der Waals surface area (Å²) in [5.74, 6) is -0.552. The SMILES string of the molecule is CN(C)c1ccc(NC(=O)C2(C(=O)Nc3cccc4cccnc34)CC2)cc1. The van der Waals surface area contributed by atoms with Gasteiger partial charge in [-0.3, -0.25) is 14.6 Å². The Morgan fingerprint density at radius 1 is 0.929 bits per heavy atom. The number of fused-ring (bicyclic) bond motifs is 1. The largest absolute Gasteiger partial charge is 0.378 e. The fourth-order valence-electron chi connectivity index (χ4n) is 3.22. The van der Waals surface area contributed by atoms with Crippen LogP contribution in [0.2, 0.25) is 0 Å². The third-order valence-corrected chi connectivity index (χ3v) is 5.14. The van der Waals surface area contributed by atoms with Gasteiger partial charge >= 0.3 is 0 Å². The number of anilines is 3. The molecule has 4 rings (SSSR count). The zero-order valence-corrected chi connectivity index (χ0v) is 15.9. The topological polar surface area (TPSA) is 74.3 Å². The van der Waals surface area contributed by atoms with Crippen LogP contribution in [0.3, 0.4) is 0 Å². The van der Waals surface area contributed by atoms with Gasteiger partial charge in [-0.2, -0.15) is 0 Å². The molecule has 6 heteroatoms. The van der Waals surface area contributed by atoms with Gasteiger partial charge in [0.1, 0.15) is 5.41 Å². The summed E-state index contributed by atoms with van der Waals surface area (Å²) in [6.45, 7) is 0. The molecule has 0 atom stereocenters. The molecule has 0 spiro atoms. The van der Waals surface area contributed by atoms with Crippen LogP contribution in [0.5, 0.6) is 0 Å². The molecule has 1 aromatic heterocycles. The van der Waals surface area contributed by atoms with Gasteiger partial charge in [0.05, 0.1) is 11.2 Å². The third kappa shape index (κ3) is 3.29. The summed E-state index contributed by atoms with van der Waals surface area (Å²) in [5.41, 5.74) is 2.05. The van der Waals surface area contributed by atoms with Crippen LogP contribution >= 0.6 is 0 Å². The predicted molar refractivity (Wildman–Crippen MR) is 111 cm³/mol. The van der Waals surface area contributed by atoms with E-state index in [9.17, 15) is 9.59 Å². The highest BCUT2D eigenvalue weighted by Crippen LogP contribution is 2.47. The molecule has 6 nitrogen and oxygen atoms in total. The van der Waals surface area contributed by atoms with E-state index >= 15 is 0 Å². The Morgan fingerprint density at radius 2 is 1.61 bits per heavy atom. The van der Waals surface area contributed by atoms with Crippen LogP contribution in [-0.4, -0.2) is 30.9 Å². The molecule has 1 aliphatic rings. The first-order valence-electron chi connectivity index (χ1n) is 9.24. The number of benzene rings is 2. The average molecular weight is 374 g/mol. The van der Waals surface area contributed by atoms with Gasteiger partial charge in [0.25, 0.3) is 0 Å². The highest BCUT2D eigenvalue weighted by Gasteiger charge is 2.56. The number of rotatable bonds is 5. The molecule has 1 heterocycles. The molecular formula is C22H22N4O2. The minimum absolute atomic E-state index is 0.268. The molecule has 0 unspecified atom stereocenters. The summed E-state index contributed by atoms with van der Waals surface area (Å²) in [4.78, 5) is 32.1. The standard InChI is InChI=1S/C22H22N4O2/c1-26(2)17-10-8-16(9-11-17)24-20(27)22(12-13-22)21(28)25-18-7-3-5-15-6-4-14-23-19(15)18/h3-11,14H,12-13H2,1-2H3,(H,24,27)(H,25,28). The summed E-state index contributed by atoms with van der Waals surface area (Å²) in [6, 6.07) is 16.9.